The summed E-state index contributed by atoms with van der Waals surface area (Å²) in [6.45, 7) is 0. The molecule has 3 aromatic heterocycles. The van der Waals surface area contributed by atoms with E-state index in [1.165, 1.54) is 6.20 Å². The van der Waals surface area contributed by atoms with E-state index >= 15 is 0 Å². The van der Waals surface area contributed by atoms with Crippen molar-refractivity contribution in [2.45, 2.75) is 12.8 Å². The van der Waals surface area contributed by atoms with Gasteiger partial charge in [0.05, 0.1) is 17.4 Å². The number of amides is 2. The van der Waals surface area contributed by atoms with E-state index in [0.717, 1.165) is 34.9 Å². The summed E-state index contributed by atoms with van der Waals surface area (Å²) >= 11 is 0. The molecule has 1 fully saturated rings. The third-order valence-electron chi connectivity index (χ3n) is 5.16. The highest BCUT2D eigenvalue weighted by Crippen LogP contribution is 2.30. The number of nitrogens with one attached hydrogen (secondary N) is 2. The van der Waals surface area contributed by atoms with Crippen LogP contribution in [0, 0.1) is 5.92 Å². The first kappa shape index (κ1) is 18.9. The van der Waals surface area contributed by atoms with Gasteiger partial charge in [-0.15, -0.1) is 0 Å². The molecule has 0 radical (unpaired) electrons. The van der Waals surface area contributed by atoms with Crippen molar-refractivity contribution in [1.82, 2.24) is 15.0 Å². The van der Waals surface area contributed by atoms with Gasteiger partial charge in [-0.05, 0) is 37.1 Å². The Bertz CT molecular complexity index is 1290. The Labute approximate surface area is 178 Å². The van der Waals surface area contributed by atoms with Crippen LogP contribution in [0.4, 0.5) is 11.5 Å². The van der Waals surface area contributed by atoms with Crippen molar-refractivity contribution < 1.29 is 9.59 Å². The number of anilines is 2. The van der Waals surface area contributed by atoms with E-state index < -0.39 is 0 Å². The Morgan fingerprint density at radius 3 is 2.65 bits per heavy atom. The summed E-state index contributed by atoms with van der Waals surface area (Å²) in [6.07, 6.45) is 8.42. The Hall–Kier alpha value is -4.13. The van der Waals surface area contributed by atoms with Crippen molar-refractivity contribution in [2.24, 2.45) is 5.92 Å². The van der Waals surface area contributed by atoms with Gasteiger partial charge in [0.15, 0.2) is 0 Å². The predicted octanol–water partition coefficient (Wildman–Crippen LogP) is 4.29. The van der Waals surface area contributed by atoms with E-state index in [9.17, 15) is 9.59 Å². The second-order valence-electron chi connectivity index (χ2n) is 7.49. The number of pyridine rings is 3. The van der Waals surface area contributed by atoms with Gasteiger partial charge in [-0.1, -0.05) is 24.3 Å². The minimum Gasteiger partial charge on any atom is -0.321 e. The summed E-state index contributed by atoms with van der Waals surface area (Å²) in [4.78, 5) is 37.6. The molecule has 7 nitrogen and oxygen atoms in total. The maximum absolute atomic E-state index is 12.8. The molecule has 0 unspecified atom stereocenters. The smallest absolute Gasteiger partial charge is 0.255 e. The summed E-state index contributed by atoms with van der Waals surface area (Å²) in [5.74, 6) is 0.0832. The van der Waals surface area contributed by atoms with E-state index in [-0.39, 0.29) is 17.7 Å². The van der Waals surface area contributed by atoms with Gasteiger partial charge in [0, 0.05) is 46.6 Å². The standard InChI is InChI=1S/C24H19N5O2/c30-23(16-6-7-16)29-21-12-17(8-10-26-21)24(31)28-19-11-18(13-25-14-19)20-5-1-3-15-4-2-9-27-22(15)20/h1-5,8-14,16H,6-7H2,(H,28,31)(H,26,29,30). The molecule has 4 aromatic rings. The maximum Gasteiger partial charge on any atom is 0.255 e. The van der Waals surface area contributed by atoms with Crippen LogP contribution in [0.3, 0.4) is 0 Å². The van der Waals surface area contributed by atoms with Gasteiger partial charge < -0.3 is 10.6 Å². The van der Waals surface area contributed by atoms with Gasteiger partial charge in [0.1, 0.15) is 5.82 Å². The van der Waals surface area contributed by atoms with Crippen LogP contribution in [0.2, 0.25) is 0 Å². The van der Waals surface area contributed by atoms with E-state index in [2.05, 4.69) is 25.6 Å². The van der Waals surface area contributed by atoms with Gasteiger partial charge in [-0.3, -0.25) is 19.6 Å². The van der Waals surface area contributed by atoms with Crippen LogP contribution in [0.5, 0.6) is 0 Å². The number of rotatable bonds is 5. The fraction of sp³-hybridized carbons (Fsp3) is 0.125. The molecule has 31 heavy (non-hydrogen) atoms. The molecule has 0 saturated heterocycles. The van der Waals surface area contributed by atoms with Crippen molar-refractivity contribution in [3.63, 3.8) is 0 Å². The minimum absolute atomic E-state index is 0.0503. The number of para-hydroxylation sites is 1. The third-order valence-corrected chi connectivity index (χ3v) is 5.16. The molecule has 0 aliphatic heterocycles. The average molecular weight is 409 g/mol. The number of fused-ring (bicyclic) bond motifs is 1. The van der Waals surface area contributed by atoms with Crippen molar-refractivity contribution in [3.8, 4) is 11.1 Å². The molecule has 152 valence electrons. The topological polar surface area (TPSA) is 96.9 Å². The average Bonchev–Trinajstić information content (AvgIpc) is 3.65. The van der Waals surface area contributed by atoms with Crippen LogP contribution in [-0.4, -0.2) is 26.8 Å². The molecule has 5 rings (SSSR count). The Morgan fingerprint density at radius 1 is 0.903 bits per heavy atom. The summed E-state index contributed by atoms with van der Waals surface area (Å²) in [6, 6.07) is 14.9. The Morgan fingerprint density at radius 2 is 1.77 bits per heavy atom. The molecule has 7 heteroatoms. The van der Waals surface area contributed by atoms with E-state index in [1.54, 1.807) is 30.7 Å². The van der Waals surface area contributed by atoms with Crippen LogP contribution < -0.4 is 10.6 Å². The molecule has 1 aliphatic rings. The second kappa shape index (κ2) is 7.95. The molecule has 1 saturated carbocycles. The summed E-state index contributed by atoms with van der Waals surface area (Å²) in [5, 5.41) is 6.67. The van der Waals surface area contributed by atoms with E-state index in [4.69, 9.17) is 0 Å². The minimum atomic E-state index is -0.306. The van der Waals surface area contributed by atoms with E-state index in [1.807, 2.05) is 36.4 Å². The number of aromatic nitrogens is 3. The quantitative estimate of drug-likeness (QED) is 0.512. The first-order valence-electron chi connectivity index (χ1n) is 10.0. The molecular weight excluding hydrogens is 390 g/mol. The normalized spacial score (nSPS) is 13.0. The third kappa shape index (κ3) is 4.11. The first-order valence-corrected chi connectivity index (χ1v) is 10.0. The van der Waals surface area contributed by atoms with Crippen molar-refractivity contribution >= 4 is 34.2 Å². The zero-order chi connectivity index (χ0) is 21.2. The summed E-state index contributed by atoms with van der Waals surface area (Å²) in [7, 11) is 0. The monoisotopic (exact) mass is 409 g/mol. The highest BCUT2D eigenvalue weighted by molar-refractivity contribution is 6.05. The fourth-order valence-corrected chi connectivity index (χ4v) is 3.41. The summed E-state index contributed by atoms with van der Waals surface area (Å²) < 4.78 is 0. The number of carbonyl (C=O) groups is 2. The molecule has 0 spiro atoms. The molecule has 2 amide bonds. The fourth-order valence-electron chi connectivity index (χ4n) is 3.41. The highest BCUT2D eigenvalue weighted by atomic mass is 16.2. The lowest BCUT2D eigenvalue weighted by Gasteiger charge is -2.10. The number of carbonyl (C=O) groups excluding carboxylic acids is 2. The van der Waals surface area contributed by atoms with Crippen molar-refractivity contribution in [1.29, 1.82) is 0 Å². The molecule has 3 heterocycles. The molecule has 1 aromatic carbocycles. The van der Waals surface area contributed by atoms with Gasteiger partial charge >= 0.3 is 0 Å². The second-order valence-corrected chi connectivity index (χ2v) is 7.49. The lowest BCUT2D eigenvalue weighted by Crippen LogP contribution is -2.16. The van der Waals surface area contributed by atoms with Crippen LogP contribution in [0.1, 0.15) is 23.2 Å². The summed E-state index contributed by atoms with van der Waals surface area (Å²) in [5.41, 5.74) is 3.64. The number of hydrogen-bond donors (Lipinski definition) is 2. The molecule has 2 N–H and O–H groups in total. The number of hydrogen-bond acceptors (Lipinski definition) is 5. The molecule has 0 atom stereocenters. The lowest BCUT2D eigenvalue weighted by atomic mass is 10.0. The van der Waals surface area contributed by atoms with Crippen LogP contribution in [-0.2, 0) is 4.79 Å². The predicted molar refractivity (Wildman–Crippen MR) is 119 cm³/mol. The zero-order valence-electron chi connectivity index (χ0n) is 16.6. The first-order chi connectivity index (χ1) is 15.2. The van der Waals surface area contributed by atoms with Crippen LogP contribution >= 0.6 is 0 Å². The van der Waals surface area contributed by atoms with Gasteiger partial charge in [0.2, 0.25) is 5.91 Å². The number of nitrogens with zero attached hydrogens (tertiary/aromatic N) is 3. The largest absolute Gasteiger partial charge is 0.321 e. The Balaban J connectivity index is 1.37. The van der Waals surface area contributed by atoms with Gasteiger partial charge in [-0.25, -0.2) is 4.98 Å². The molecule has 1 aliphatic carbocycles. The van der Waals surface area contributed by atoms with Crippen molar-refractivity contribution in [3.05, 3.63) is 78.9 Å². The Kier molecular flexibility index (Phi) is 4.84. The van der Waals surface area contributed by atoms with Crippen molar-refractivity contribution in [2.75, 3.05) is 10.6 Å². The number of benzene rings is 1. The molecule has 0 bridgehead atoms. The maximum atomic E-state index is 12.8. The SMILES string of the molecule is O=C(Nc1cncc(-c2cccc3cccnc23)c1)c1ccnc(NC(=O)C2CC2)c1. The van der Waals surface area contributed by atoms with E-state index in [0.29, 0.717) is 17.1 Å². The molecular formula is C24H19N5O2. The van der Waals surface area contributed by atoms with Crippen LogP contribution in [0.15, 0.2) is 73.3 Å². The van der Waals surface area contributed by atoms with Gasteiger partial charge in [0.25, 0.3) is 5.91 Å². The zero-order valence-corrected chi connectivity index (χ0v) is 16.6. The highest BCUT2D eigenvalue weighted by Gasteiger charge is 2.29. The van der Waals surface area contributed by atoms with Crippen LogP contribution in [0.25, 0.3) is 22.0 Å². The van der Waals surface area contributed by atoms with Gasteiger partial charge in [-0.2, -0.15) is 0 Å². The lowest BCUT2D eigenvalue weighted by molar-refractivity contribution is -0.117.